The van der Waals surface area contributed by atoms with Gasteiger partial charge in [0.25, 0.3) is 0 Å². The molecule has 0 fully saturated rings. The summed E-state index contributed by atoms with van der Waals surface area (Å²) < 4.78 is 0. The fraction of sp³-hybridized carbons (Fsp3) is 0.250. The van der Waals surface area contributed by atoms with Crippen LogP contribution in [0, 0.1) is 5.92 Å². The molecule has 0 saturated heterocycles. The van der Waals surface area contributed by atoms with Crippen LogP contribution >= 0.6 is 23.2 Å². The largest absolute Gasteiger partial charge is 0.397 e. The van der Waals surface area contributed by atoms with Crippen molar-refractivity contribution in [1.29, 1.82) is 0 Å². The molecule has 0 saturated carbocycles. The van der Waals surface area contributed by atoms with Crippen molar-refractivity contribution < 1.29 is 0 Å². The SMILES string of the molecule is CC1Cc2ccccc2N(c2cc(Cl)c(Cl)cc2N)C1. The Morgan fingerprint density at radius 1 is 1.10 bits per heavy atom. The Kier molecular flexibility index (Phi) is 3.53. The van der Waals surface area contributed by atoms with E-state index in [9.17, 15) is 0 Å². The first kappa shape index (κ1) is 13.6. The molecule has 0 radical (unpaired) electrons. The third-order valence-corrected chi connectivity index (χ3v) is 4.43. The summed E-state index contributed by atoms with van der Waals surface area (Å²) in [6.45, 7) is 3.18. The predicted octanol–water partition coefficient (Wildman–Crippen LogP) is 4.91. The molecule has 0 aromatic heterocycles. The number of anilines is 3. The molecule has 2 aromatic carbocycles. The smallest absolute Gasteiger partial charge is 0.0660 e. The molecule has 3 rings (SSSR count). The number of hydrogen-bond acceptors (Lipinski definition) is 2. The molecule has 1 heterocycles. The highest BCUT2D eigenvalue weighted by Crippen LogP contribution is 2.40. The van der Waals surface area contributed by atoms with Crippen LogP contribution in [0.1, 0.15) is 12.5 Å². The summed E-state index contributed by atoms with van der Waals surface area (Å²) in [5, 5.41) is 1.03. The van der Waals surface area contributed by atoms with Crippen LogP contribution in [0.25, 0.3) is 0 Å². The number of fused-ring (bicyclic) bond motifs is 1. The summed E-state index contributed by atoms with van der Waals surface area (Å²) in [4.78, 5) is 2.24. The molecule has 2 nitrogen and oxygen atoms in total. The first-order valence-electron chi connectivity index (χ1n) is 6.66. The van der Waals surface area contributed by atoms with E-state index in [1.54, 1.807) is 6.07 Å². The first-order valence-corrected chi connectivity index (χ1v) is 7.42. The van der Waals surface area contributed by atoms with Crippen LogP contribution in [0.5, 0.6) is 0 Å². The third kappa shape index (κ3) is 2.34. The number of rotatable bonds is 1. The Balaban J connectivity index is 2.13. The van der Waals surface area contributed by atoms with Gasteiger partial charge in [-0.15, -0.1) is 0 Å². The number of para-hydroxylation sites is 1. The van der Waals surface area contributed by atoms with Crippen molar-refractivity contribution in [1.82, 2.24) is 0 Å². The Morgan fingerprint density at radius 2 is 1.80 bits per heavy atom. The average molecular weight is 307 g/mol. The minimum atomic E-state index is 0.492. The molecule has 0 bridgehead atoms. The lowest BCUT2D eigenvalue weighted by molar-refractivity contribution is 0.562. The molecular formula is C16H16Cl2N2. The van der Waals surface area contributed by atoms with Crippen molar-refractivity contribution in [2.45, 2.75) is 13.3 Å². The van der Waals surface area contributed by atoms with Crippen molar-refractivity contribution in [3.8, 4) is 0 Å². The van der Waals surface area contributed by atoms with Gasteiger partial charge in [0.05, 0.1) is 21.4 Å². The summed E-state index contributed by atoms with van der Waals surface area (Å²) in [6.07, 6.45) is 1.09. The number of hydrogen-bond donors (Lipinski definition) is 1. The van der Waals surface area contributed by atoms with Crippen LogP contribution in [-0.2, 0) is 6.42 Å². The van der Waals surface area contributed by atoms with Crippen LogP contribution < -0.4 is 10.6 Å². The first-order chi connectivity index (χ1) is 9.56. The molecule has 1 aliphatic rings. The fourth-order valence-corrected chi connectivity index (χ4v) is 3.14. The van der Waals surface area contributed by atoms with E-state index < -0.39 is 0 Å². The summed E-state index contributed by atoms with van der Waals surface area (Å²) in [7, 11) is 0. The molecule has 1 aliphatic heterocycles. The minimum absolute atomic E-state index is 0.492. The number of nitrogens with zero attached hydrogens (tertiary/aromatic N) is 1. The maximum Gasteiger partial charge on any atom is 0.0660 e. The minimum Gasteiger partial charge on any atom is -0.397 e. The number of benzene rings is 2. The van der Waals surface area contributed by atoms with Gasteiger partial charge in [0.15, 0.2) is 0 Å². The highest BCUT2D eigenvalue weighted by atomic mass is 35.5. The lowest BCUT2D eigenvalue weighted by atomic mass is 9.93. The normalized spacial score (nSPS) is 17.9. The van der Waals surface area contributed by atoms with Crippen LogP contribution in [-0.4, -0.2) is 6.54 Å². The zero-order chi connectivity index (χ0) is 14.3. The standard InChI is InChI=1S/C16H16Cl2N2/c1-10-6-11-4-2-3-5-15(11)20(9-10)16-8-13(18)12(17)7-14(16)19/h2-5,7-8,10H,6,9,19H2,1H3. The van der Waals surface area contributed by atoms with Crippen molar-refractivity contribution in [2.24, 2.45) is 5.92 Å². The quantitative estimate of drug-likeness (QED) is 0.759. The van der Waals surface area contributed by atoms with Crippen molar-refractivity contribution in [3.63, 3.8) is 0 Å². The second-order valence-electron chi connectivity index (χ2n) is 5.37. The van der Waals surface area contributed by atoms with Gasteiger partial charge in [-0.3, -0.25) is 0 Å². The lowest BCUT2D eigenvalue weighted by Crippen LogP contribution is -2.30. The molecule has 1 atom stereocenters. The van der Waals surface area contributed by atoms with Crippen LogP contribution in [0.4, 0.5) is 17.1 Å². The monoisotopic (exact) mass is 306 g/mol. The van der Waals surface area contributed by atoms with Gasteiger partial charge >= 0.3 is 0 Å². The zero-order valence-electron chi connectivity index (χ0n) is 11.2. The van der Waals surface area contributed by atoms with Crippen LogP contribution in [0.15, 0.2) is 36.4 Å². The summed E-state index contributed by atoms with van der Waals surface area (Å²) >= 11 is 12.2. The number of halogens is 2. The van der Waals surface area contributed by atoms with Gasteiger partial charge in [-0.25, -0.2) is 0 Å². The van der Waals surface area contributed by atoms with E-state index in [1.807, 2.05) is 6.07 Å². The van der Waals surface area contributed by atoms with Crippen molar-refractivity contribution in [2.75, 3.05) is 17.2 Å². The fourth-order valence-electron chi connectivity index (χ4n) is 2.81. The maximum atomic E-state index is 6.15. The topological polar surface area (TPSA) is 29.3 Å². The highest BCUT2D eigenvalue weighted by Gasteiger charge is 2.24. The van der Waals surface area contributed by atoms with Crippen molar-refractivity contribution >= 4 is 40.3 Å². The summed E-state index contributed by atoms with van der Waals surface area (Å²) in [5.74, 6) is 0.568. The number of nitrogen functional groups attached to an aromatic ring is 1. The highest BCUT2D eigenvalue weighted by molar-refractivity contribution is 6.42. The van der Waals surface area contributed by atoms with Gasteiger partial charge in [0, 0.05) is 12.2 Å². The van der Waals surface area contributed by atoms with Gasteiger partial charge in [-0.1, -0.05) is 48.3 Å². The van der Waals surface area contributed by atoms with Crippen molar-refractivity contribution in [3.05, 3.63) is 52.0 Å². The molecule has 20 heavy (non-hydrogen) atoms. The van der Waals surface area contributed by atoms with Gasteiger partial charge in [0.1, 0.15) is 0 Å². The zero-order valence-corrected chi connectivity index (χ0v) is 12.7. The Hall–Kier alpha value is -1.38. The third-order valence-electron chi connectivity index (χ3n) is 3.71. The van der Waals surface area contributed by atoms with Gasteiger partial charge in [-0.05, 0) is 36.1 Å². The maximum absolute atomic E-state index is 6.15. The van der Waals surface area contributed by atoms with E-state index in [1.165, 1.54) is 11.3 Å². The molecule has 0 aliphatic carbocycles. The van der Waals surface area contributed by atoms with E-state index >= 15 is 0 Å². The molecule has 2 aromatic rings. The molecule has 4 heteroatoms. The molecular weight excluding hydrogens is 291 g/mol. The van der Waals surface area contributed by atoms with Gasteiger partial charge < -0.3 is 10.6 Å². The van der Waals surface area contributed by atoms with E-state index in [-0.39, 0.29) is 0 Å². The Bertz CT molecular complexity index is 655. The Morgan fingerprint density at radius 3 is 2.60 bits per heavy atom. The Labute approximate surface area is 129 Å². The molecule has 1 unspecified atom stereocenters. The van der Waals surface area contributed by atoms with Gasteiger partial charge in [0.2, 0.25) is 0 Å². The molecule has 0 amide bonds. The summed E-state index contributed by atoms with van der Waals surface area (Å²) in [6, 6.07) is 12.0. The number of nitrogens with two attached hydrogens (primary N) is 1. The molecule has 2 N–H and O–H groups in total. The second kappa shape index (κ2) is 5.19. The van der Waals surface area contributed by atoms with E-state index in [0.29, 0.717) is 21.7 Å². The van der Waals surface area contributed by atoms with Crippen LogP contribution in [0.3, 0.4) is 0 Å². The van der Waals surface area contributed by atoms with E-state index in [4.69, 9.17) is 28.9 Å². The van der Waals surface area contributed by atoms with Crippen LogP contribution in [0.2, 0.25) is 10.0 Å². The molecule has 0 spiro atoms. The lowest BCUT2D eigenvalue weighted by Gasteiger charge is -2.35. The van der Waals surface area contributed by atoms with Gasteiger partial charge in [-0.2, -0.15) is 0 Å². The van der Waals surface area contributed by atoms with E-state index in [2.05, 4.69) is 36.1 Å². The predicted molar refractivity (Wildman–Crippen MR) is 87.2 cm³/mol. The molecule has 104 valence electrons. The second-order valence-corrected chi connectivity index (χ2v) is 6.19. The summed E-state index contributed by atoms with van der Waals surface area (Å²) in [5.41, 5.74) is 10.3. The average Bonchev–Trinajstić information content (AvgIpc) is 2.42. The van der Waals surface area contributed by atoms with E-state index in [0.717, 1.165) is 18.7 Å².